The number of hydrogen-bond acceptors (Lipinski definition) is 6. The molecule has 0 aliphatic rings. The molecule has 102 valence electrons. The van der Waals surface area contributed by atoms with E-state index in [9.17, 15) is 23.3 Å². The lowest BCUT2D eigenvalue weighted by Gasteiger charge is -2.12. The molecule has 0 bridgehead atoms. The number of aromatic nitrogens is 1. The molecule has 19 heavy (non-hydrogen) atoms. The molecular weight excluding hydrogens is 271 g/mol. The number of rotatable bonds is 4. The second kappa shape index (κ2) is 5.38. The molecule has 10 heteroatoms. The number of pyridine rings is 1. The Kier molecular flexibility index (Phi) is 4.11. The van der Waals surface area contributed by atoms with E-state index >= 15 is 0 Å². The summed E-state index contributed by atoms with van der Waals surface area (Å²) in [6.07, 6.45) is -4.74. The summed E-state index contributed by atoms with van der Waals surface area (Å²) in [7, 11) is 0.985. The van der Waals surface area contributed by atoms with Crippen LogP contribution in [0.1, 0.15) is 5.56 Å². The first-order chi connectivity index (χ1) is 8.80. The summed E-state index contributed by atoms with van der Waals surface area (Å²) >= 11 is 0. The zero-order valence-corrected chi connectivity index (χ0v) is 9.39. The molecule has 1 rings (SSSR count). The molecule has 0 atom stereocenters. The quantitative estimate of drug-likeness (QED) is 0.616. The van der Waals surface area contributed by atoms with Gasteiger partial charge in [0.25, 0.3) is 11.6 Å². The maximum atomic E-state index is 12.2. The summed E-state index contributed by atoms with van der Waals surface area (Å²) in [5.41, 5.74) is -1.29. The fraction of sp³-hybridized carbons (Fsp3) is 0.333. The Labute approximate surface area is 104 Å². The van der Waals surface area contributed by atoms with E-state index in [1.54, 1.807) is 6.07 Å². The highest BCUT2D eigenvalue weighted by Gasteiger charge is 2.38. The highest BCUT2D eigenvalue weighted by Crippen LogP contribution is 2.40. The first-order valence-corrected chi connectivity index (χ1v) is 4.63. The van der Waals surface area contributed by atoms with Crippen molar-refractivity contribution in [3.8, 4) is 17.7 Å². The number of halogens is 3. The van der Waals surface area contributed by atoms with Crippen LogP contribution in [0, 0.1) is 21.4 Å². The van der Waals surface area contributed by atoms with Gasteiger partial charge in [0.05, 0.1) is 30.1 Å². The van der Waals surface area contributed by atoms with Crippen LogP contribution in [0.2, 0.25) is 0 Å². The van der Waals surface area contributed by atoms with Crippen molar-refractivity contribution in [3.63, 3.8) is 0 Å². The fourth-order valence-corrected chi connectivity index (χ4v) is 1.27. The Morgan fingerprint density at radius 2 is 2.21 bits per heavy atom. The zero-order chi connectivity index (χ0) is 14.6. The highest BCUT2D eigenvalue weighted by atomic mass is 19.4. The van der Waals surface area contributed by atoms with Gasteiger partial charge in [0.1, 0.15) is 0 Å². The van der Waals surface area contributed by atoms with Gasteiger partial charge < -0.3 is 9.47 Å². The van der Waals surface area contributed by atoms with Crippen molar-refractivity contribution in [1.29, 1.82) is 5.26 Å². The second-order valence-corrected chi connectivity index (χ2v) is 3.11. The van der Waals surface area contributed by atoms with Gasteiger partial charge >= 0.3 is 12.0 Å². The van der Waals surface area contributed by atoms with E-state index in [1.807, 2.05) is 0 Å². The number of methoxy groups -OCH3 is 1. The van der Waals surface area contributed by atoms with Crippen LogP contribution in [0.4, 0.5) is 18.9 Å². The number of ether oxygens (including phenoxy) is 2. The van der Waals surface area contributed by atoms with Crippen LogP contribution in [0.3, 0.4) is 0 Å². The average Bonchev–Trinajstić information content (AvgIpc) is 2.27. The summed E-state index contributed by atoms with van der Waals surface area (Å²) in [6.45, 7) is 0. The molecule has 0 aliphatic carbocycles. The molecule has 0 spiro atoms. The molecule has 0 aliphatic heterocycles. The van der Waals surface area contributed by atoms with Gasteiger partial charge in [0.15, 0.2) is 0 Å². The van der Waals surface area contributed by atoms with Crippen molar-refractivity contribution < 1.29 is 27.6 Å². The molecule has 0 N–H and O–H groups in total. The Morgan fingerprint density at radius 3 is 2.63 bits per heavy atom. The summed E-state index contributed by atoms with van der Waals surface area (Å²) in [6, 6.07) is 1.58. The summed E-state index contributed by atoms with van der Waals surface area (Å²) in [5.74, 6) is -1.86. The third-order valence-electron chi connectivity index (χ3n) is 1.91. The largest absolute Gasteiger partial charge is 0.573 e. The molecule has 0 fully saturated rings. The first kappa shape index (κ1) is 14.5. The minimum Gasteiger partial charge on any atom is -0.478 e. The molecular formula is C9H6F3N3O4. The molecule has 0 amide bonds. The standard InChI is InChI=1S/C9H6F3N3O4/c1-18-8-7(19-9(10,11)12)6(15(16)17)5(2-3-13)4-14-8/h4H,2H2,1H3. The van der Waals surface area contributed by atoms with E-state index in [4.69, 9.17) is 5.26 Å². The van der Waals surface area contributed by atoms with Crippen LogP contribution in [0.25, 0.3) is 0 Å². The maximum absolute atomic E-state index is 12.2. The van der Waals surface area contributed by atoms with Crippen molar-refractivity contribution >= 4 is 5.69 Å². The molecule has 7 nitrogen and oxygen atoms in total. The monoisotopic (exact) mass is 277 g/mol. The van der Waals surface area contributed by atoms with Crippen molar-refractivity contribution in [3.05, 3.63) is 21.9 Å². The molecule has 0 unspecified atom stereocenters. The van der Waals surface area contributed by atoms with Gasteiger partial charge in [-0.25, -0.2) is 4.98 Å². The van der Waals surface area contributed by atoms with Gasteiger partial charge in [-0.15, -0.1) is 13.2 Å². The number of nitriles is 1. The van der Waals surface area contributed by atoms with Gasteiger partial charge in [0, 0.05) is 6.20 Å². The molecule has 1 heterocycles. The van der Waals surface area contributed by atoms with E-state index in [0.717, 1.165) is 13.3 Å². The smallest absolute Gasteiger partial charge is 0.478 e. The Balaban J connectivity index is 3.49. The summed E-state index contributed by atoms with van der Waals surface area (Å²) in [4.78, 5) is 13.2. The topological polar surface area (TPSA) is 98.3 Å². The fourth-order valence-electron chi connectivity index (χ4n) is 1.27. The van der Waals surface area contributed by atoms with Crippen LogP contribution >= 0.6 is 0 Å². The minimum absolute atomic E-state index is 0.299. The van der Waals surface area contributed by atoms with E-state index in [0.29, 0.717) is 0 Å². The summed E-state index contributed by atoms with van der Waals surface area (Å²) < 4.78 is 44.7. The van der Waals surface area contributed by atoms with E-state index in [1.165, 1.54) is 0 Å². The van der Waals surface area contributed by atoms with Crippen LogP contribution in [0.5, 0.6) is 11.6 Å². The molecule has 1 aromatic heterocycles. The Morgan fingerprint density at radius 1 is 1.58 bits per heavy atom. The first-order valence-electron chi connectivity index (χ1n) is 4.63. The number of nitro groups is 1. The van der Waals surface area contributed by atoms with Crippen LogP contribution in [-0.2, 0) is 6.42 Å². The molecule has 1 aromatic rings. The van der Waals surface area contributed by atoms with Crippen LogP contribution in [-0.4, -0.2) is 23.4 Å². The van der Waals surface area contributed by atoms with Crippen molar-refractivity contribution in [1.82, 2.24) is 4.98 Å². The van der Waals surface area contributed by atoms with Gasteiger partial charge in [-0.2, -0.15) is 5.26 Å². The maximum Gasteiger partial charge on any atom is 0.573 e. The SMILES string of the molecule is COc1ncc(CC#N)c([N+](=O)[O-])c1OC(F)(F)F. The lowest BCUT2D eigenvalue weighted by atomic mass is 10.2. The third-order valence-corrected chi connectivity index (χ3v) is 1.91. The van der Waals surface area contributed by atoms with E-state index in [-0.39, 0.29) is 5.56 Å². The Bertz CT molecular complexity index is 539. The minimum atomic E-state index is -5.15. The molecule has 0 radical (unpaired) electrons. The van der Waals surface area contributed by atoms with Crippen molar-refractivity contribution in [2.75, 3.05) is 7.11 Å². The number of alkyl halides is 3. The highest BCUT2D eigenvalue weighted by molar-refractivity contribution is 5.57. The van der Waals surface area contributed by atoms with Gasteiger partial charge in [-0.1, -0.05) is 0 Å². The third kappa shape index (κ3) is 3.44. The molecule has 0 saturated carbocycles. The average molecular weight is 277 g/mol. The van der Waals surface area contributed by atoms with Crippen molar-refractivity contribution in [2.45, 2.75) is 12.8 Å². The predicted octanol–water partition coefficient (Wildman–Crippen LogP) is 1.96. The molecule has 0 aromatic carbocycles. The number of nitrogens with zero attached hydrogens (tertiary/aromatic N) is 3. The van der Waals surface area contributed by atoms with Gasteiger partial charge in [0.2, 0.25) is 0 Å². The van der Waals surface area contributed by atoms with Gasteiger partial charge in [-0.05, 0) is 0 Å². The summed E-state index contributed by atoms with van der Waals surface area (Å²) in [5, 5.41) is 19.3. The Hall–Kier alpha value is -2.57. The van der Waals surface area contributed by atoms with Crippen LogP contribution in [0.15, 0.2) is 6.20 Å². The lowest BCUT2D eigenvalue weighted by molar-refractivity contribution is -0.389. The normalized spacial score (nSPS) is 10.7. The van der Waals surface area contributed by atoms with Crippen LogP contribution < -0.4 is 9.47 Å². The van der Waals surface area contributed by atoms with E-state index in [2.05, 4.69) is 14.5 Å². The second-order valence-electron chi connectivity index (χ2n) is 3.11. The zero-order valence-electron chi connectivity index (χ0n) is 9.39. The lowest BCUT2D eigenvalue weighted by Crippen LogP contribution is -2.19. The van der Waals surface area contributed by atoms with Gasteiger partial charge in [-0.3, -0.25) is 10.1 Å². The predicted molar refractivity (Wildman–Crippen MR) is 53.4 cm³/mol. The number of hydrogen-bond donors (Lipinski definition) is 0. The van der Waals surface area contributed by atoms with E-state index < -0.39 is 35.0 Å². The van der Waals surface area contributed by atoms with Crippen molar-refractivity contribution in [2.24, 2.45) is 0 Å². The molecule has 0 saturated heterocycles.